The Kier molecular flexibility index (Phi) is 4.59. The number of nitrogens with two attached hydrogens (primary N) is 1. The molecular weight excluding hydrogens is 214 g/mol. The molecule has 0 aliphatic rings. The van der Waals surface area contributed by atoms with Crippen molar-refractivity contribution < 1.29 is 9.90 Å². The van der Waals surface area contributed by atoms with Crippen LogP contribution in [0.1, 0.15) is 24.3 Å². The van der Waals surface area contributed by atoms with Crippen LogP contribution in [0.5, 0.6) is 0 Å². The topological polar surface area (TPSA) is 63.3 Å². The quantitative estimate of drug-likeness (QED) is 0.811. The van der Waals surface area contributed by atoms with Gasteiger partial charge in [-0.2, -0.15) is 0 Å². The summed E-state index contributed by atoms with van der Waals surface area (Å²) in [5.41, 5.74) is 6.11. The van der Waals surface area contributed by atoms with Gasteiger partial charge in [0.1, 0.15) is 0 Å². The van der Waals surface area contributed by atoms with Crippen molar-refractivity contribution in [1.29, 1.82) is 0 Å². The first-order valence-corrected chi connectivity index (χ1v) is 5.21. The number of hydrogen-bond donors (Lipinski definition) is 2. The molecule has 0 saturated heterocycles. The van der Waals surface area contributed by atoms with E-state index in [2.05, 4.69) is 0 Å². The molecule has 15 heavy (non-hydrogen) atoms. The molecule has 1 aromatic rings. The number of benzene rings is 1. The largest absolute Gasteiger partial charge is 0.481 e. The van der Waals surface area contributed by atoms with E-state index in [1.165, 1.54) is 0 Å². The summed E-state index contributed by atoms with van der Waals surface area (Å²) < 4.78 is 0. The van der Waals surface area contributed by atoms with E-state index in [0.29, 0.717) is 24.4 Å². The van der Waals surface area contributed by atoms with Crippen LogP contribution in [0.4, 0.5) is 0 Å². The first-order chi connectivity index (χ1) is 7.15. The Morgan fingerprint density at radius 3 is 2.80 bits per heavy atom. The smallest absolute Gasteiger partial charge is 0.310 e. The van der Waals surface area contributed by atoms with Gasteiger partial charge in [-0.05, 0) is 37.1 Å². The second kappa shape index (κ2) is 5.73. The Balaban J connectivity index is 2.84. The number of hydrogen-bond acceptors (Lipinski definition) is 2. The molecule has 1 unspecified atom stereocenters. The van der Waals surface area contributed by atoms with E-state index >= 15 is 0 Å². The highest BCUT2D eigenvalue weighted by Gasteiger charge is 2.18. The summed E-state index contributed by atoms with van der Waals surface area (Å²) in [4.78, 5) is 11.0. The third-order valence-corrected chi connectivity index (χ3v) is 2.48. The molecule has 1 rings (SSSR count). The van der Waals surface area contributed by atoms with E-state index in [1.54, 1.807) is 24.3 Å². The molecule has 3 N–H and O–H groups in total. The lowest BCUT2D eigenvalue weighted by atomic mass is 9.94. The summed E-state index contributed by atoms with van der Waals surface area (Å²) in [6.07, 6.45) is 1.25. The van der Waals surface area contributed by atoms with Gasteiger partial charge in [-0.3, -0.25) is 4.79 Å². The summed E-state index contributed by atoms with van der Waals surface area (Å²) in [7, 11) is 0. The van der Waals surface area contributed by atoms with Crippen molar-refractivity contribution in [1.82, 2.24) is 0 Å². The van der Waals surface area contributed by atoms with Crippen LogP contribution in [-0.4, -0.2) is 17.6 Å². The molecule has 1 atom stereocenters. The average molecular weight is 228 g/mol. The number of carboxylic acids is 1. The molecule has 0 heterocycles. The summed E-state index contributed by atoms with van der Waals surface area (Å²) in [5, 5.41) is 9.62. The summed E-state index contributed by atoms with van der Waals surface area (Å²) >= 11 is 5.81. The normalized spacial score (nSPS) is 12.4. The Bertz CT molecular complexity index is 341. The lowest BCUT2D eigenvalue weighted by Crippen LogP contribution is -2.13. The highest BCUT2D eigenvalue weighted by Crippen LogP contribution is 2.23. The predicted octanol–water partition coefficient (Wildman–Crippen LogP) is 2.25. The van der Waals surface area contributed by atoms with Crippen LogP contribution in [0.2, 0.25) is 5.02 Å². The van der Waals surface area contributed by atoms with Crippen molar-refractivity contribution in [2.45, 2.75) is 18.8 Å². The molecule has 0 aromatic heterocycles. The Morgan fingerprint density at radius 2 is 2.27 bits per heavy atom. The summed E-state index contributed by atoms with van der Waals surface area (Å²) in [5.74, 6) is -1.34. The SMILES string of the molecule is NCCCC(C(=O)O)c1cccc(Cl)c1. The van der Waals surface area contributed by atoms with Crippen molar-refractivity contribution >= 4 is 17.6 Å². The average Bonchev–Trinajstić information content (AvgIpc) is 2.18. The predicted molar refractivity (Wildman–Crippen MR) is 60.1 cm³/mol. The number of carboxylic acid groups (broad SMARTS) is 1. The fourth-order valence-electron chi connectivity index (χ4n) is 1.48. The van der Waals surface area contributed by atoms with E-state index in [4.69, 9.17) is 22.4 Å². The molecule has 1 aromatic carbocycles. The minimum atomic E-state index is -0.828. The molecule has 0 bridgehead atoms. The monoisotopic (exact) mass is 227 g/mol. The van der Waals surface area contributed by atoms with E-state index in [9.17, 15) is 4.79 Å². The van der Waals surface area contributed by atoms with E-state index in [0.717, 1.165) is 5.56 Å². The van der Waals surface area contributed by atoms with Crippen molar-refractivity contribution in [2.24, 2.45) is 5.73 Å². The van der Waals surface area contributed by atoms with Crippen LogP contribution >= 0.6 is 11.6 Å². The molecule has 4 heteroatoms. The second-order valence-electron chi connectivity index (χ2n) is 3.38. The van der Waals surface area contributed by atoms with Crippen LogP contribution in [-0.2, 0) is 4.79 Å². The lowest BCUT2D eigenvalue weighted by molar-refractivity contribution is -0.139. The van der Waals surface area contributed by atoms with Gasteiger partial charge in [-0.15, -0.1) is 0 Å². The molecular formula is C11H14ClNO2. The number of aliphatic carboxylic acids is 1. The Hall–Kier alpha value is -1.06. The highest BCUT2D eigenvalue weighted by atomic mass is 35.5. The van der Waals surface area contributed by atoms with Gasteiger partial charge in [0.2, 0.25) is 0 Å². The fourth-order valence-corrected chi connectivity index (χ4v) is 1.68. The van der Waals surface area contributed by atoms with Crippen LogP contribution in [0.3, 0.4) is 0 Å². The Labute approximate surface area is 93.9 Å². The second-order valence-corrected chi connectivity index (χ2v) is 3.81. The third-order valence-electron chi connectivity index (χ3n) is 2.25. The fraction of sp³-hybridized carbons (Fsp3) is 0.364. The molecule has 0 aliphatic carbocycles. The molecule has 0 radical (unpaired) electrons. The zero-order valence-electron chi connectivity index (χ0n) is 8.32. The highest BCUT2D eigenvalue weighted by molar-refractivity contribution is 6.30. The first kappa shape index (κ1) is 12.0. The zero-order chi connectivity index (χ0) is 11.3. The van der Waals surface area contributed by atoms with Crippen molar-refractivity contribution in [3.05, 3.63) is 34.9 Å². The number of rotatable bonds is 5. The summed E-state index contributed by atoms with van der Waals surface area (Å²) in [6, 6.07) is 6.96. The van der Waals surface area contributed by atoms with Crippen LogP contribution < -0.4 is 5.73 Å². The van der Waals surface area contributed by atoms with E-state index in [-0.39, 0.29) is 0 Å². The van der Waals surface area contributed by atoms with Gasteiger partial charge in [-0.1, -0.05) is 23.7 Å². The maximum atomic E-state index is 11.0. The minimum Gasteiger partial charge on any atom is -0.481 e. The van der Waals surface area contributed by atoms with Gasteiger partial charge in [0, 0.05) is 5.02 Å². The van der Waals surface area contributed by atoms with Crippen molar-refractivity contribution in [3.8, 4) is 0 Å². The van der Waals surface area contributed by atoms with Gasteiger partial charge in [0.25, 0.3) is 0 Å². The molecule has 0 fully saturated rings. The molecule has 0 amide bonds. The molecule has 82 valence electrons. The number of halogens is 1. The van der Waals surface area contributed by atoms with Crippen LogP contribution in [0.25, 0.3) is 0 Å². The molecule has 0 aliphatic heterocycles. The van der Waals surface area contributed by atoms with Crippen LogP contribution in [0.15, 0.2) is 24.3 Å². The van der Waals surface area contributed by atoms with E-state index in [1.807, 2.05) is 0 Å². The van der Waals surface area contributed by atoms with Gasteiger partial charge in [0.15, 0.2) is 0 Å². The maximum Gasteiger partial charge on any atom is 0.310 e. The molecule has 3 nitrogen and oxygen atoms in total. The van der Waals surface area contributed by atoms with Crippen molar-refractivity contribution in [3.63, 3.8) is 0 Å². The maximum absolute atomic E-state index is 11.0. The first-order valence-electron chi connectivity index (χ1n) is 4.83. The molecule has 0 saturated carbocycles. The van der Waals surface area contributed by atoms with Crippen LogP contribution in [0, 0.1) is 0 Å². The third kappa shape index (κ3) is 3.53. The molecule has 0 spiro atoms. The standard InChI is InChI=1S/C11H14ClNO2/c12-9-4-1-3-8(7-9)10(11(14)15)5-2-6-13/h1,3-4,7,10H,2,5-6,13H2,(H,14,15). The minimum absolute atomic E-state index is 0.504. The lowest BCUT2D eigenvalue weighted by Gasteiger charge is -2.12. The van der Waals surface area contributed by atoms with Gasteiger partial charge in [0.05, 0.1) is 5.92 Å². The number of carbonyl (C=O) groups is 1. The van der Waals surface area contributed by atoms with Gasteiger partial charge < -0.3 is 10.8 Å². The summed E-state index contributed by atoms with van der Waals surface area (Å²) in [6.45, 7) is 0.504. The Morgan fingerprint density at radius 1 is 1.53 bits per heavy atom. The van der Waals surface area contributed by atoms with Gasteiger partial charge in [-0.25, -0.2) is 0 Å². The zero-order valence-corrected chi connectivity index (χ0v) is 9.07. The van der Waals surface area contributed by atoms with E-state index < -0.39 is 11.9 Å². The van der Waals surface area contributed by atoms with Gasteiger partial charge >= 0.3 is 5.97 Å². The van der Waals surface area contributed by atoms with Crippen molar-refractivity contribution in [2.75, 3.05) is 6.54 Å².